The molecule has 2 saturated heterocycles. The minimum Gasteiger partial charge on any atom is -0.497 e. The molecule has 172 valence electrons. The van der Waals surface area contributed by atoms with Crippen molar-refractivity contribution in [1.29, 1.82) is 0 Å². The van der Waals surface area contributed by atoms with Crippen LogP contribution in [0.25, 0.3) is 22.2 Å². The number of aromatic nitrogens is 1. The van der Waals surface area contributed by atoms with Gasteiger partial charge in [-0.1, -0.05) is 18.2 Å². The van der Waals surface area contributed by atoms with Crippen molar-refractivity contribution >= 4 is 34.5 Å². The summed E-state index contributed by atoms with van der Waals surface area (Å²) in [6.45, 7) is 1.64. The van der Waals surface area contributed by atoms with E-state index in [0.29, 0.717) is 24.5 Å². The molecule has 6 nitrogen and oxygen atoms in total. The maximum absolute atomic E-state index is 13.3. The predicted molar refractivity (Wildman–Crippen MR) is 132 cm³/mol. The maximum Gasteiger partial charge on any atom is 0.246 e. The molecule has 2 aromatic carbocycles. The average Bonchev–Trinajstić information content (AvgIpc) is 3.62. The van der Waals surface area contributed by atoms with Gasteiger partial charge in [-0.15, -0.1) is 11.8 Å². The molecule has 2 fully saturated rings. The second-order valence-corrected chi connectivity index (χ2v) is 9.66. The highest BCUT2D eigenvalue weighted by atomic mass is 32.2. The number of carbonyl (C=O) groups excluding carboxylic acids is 2. The zero-order chi connectivity index (χ0) is 22.8. The summed E-state index contributed by atoms with van der Waals surface area (Å²) in [5.41, 5.74) is 4.29. The largest absolute Gasteiger partial charge is 0.497 e. The van der Waals surface area contributed by atoms with Gasteiger partial charge in [-0.2, -0.15) is 0 Å². The lowest BCUT2D eigenvalue weighted by Gasteiger charge is -2.27. The molecule has 0 aliphatic carbocycles. The second kappa shape index (κ2) is 9.51. The highest BCUT2D eigenvalue weighted by Crippen LogP contribution is 2.33. The molecule has 0 radical (unpaired) electrons. The van der Waals surface area contributed by atoms with Crippen molar-refractivity contribution in [3.63, 3.8) is 0 Å². The number of methoxy groups -OCH3 is 1. The first-order chi connectivity index (χ1) is 16.2. The summed E-state index contributed by atoms with van der Waals surface area (Å²) >= 11 is 1.67. The van der Waals surface area contributed by atoms with Crippen LogP contribution in [0.15, 0.2) is 48.5 Å². The van der Waals surface area contributed by atoms with E-state index in [1.807, 2.05) is 41.3 Å². The average molecular weight is 464 g/mol. The molecule has 5 rings (SSSR count). The zero-order valence-corrected chi connectivity index (χ0v) is 19.7. The molecule has 1 unspecified atom stereocenters. The van der Waals surface area contributed by atoms with Crippen LogP contribution in [0, 0.1) is 0 Å². The Kier molecular flexibility index (Phi) is 6.31. The number of nitrogens with one attached hydrogen (secondary N) is 1. The van der Waals surface area contributed by atoms with E-state index < -0.39 is 0 Å². The van der Waals surface area contributed by atoms with Crippen LogP contribution in [0.5, 0.6) is 5.75 Å². The number of carbonyl (C=O) groups is 2. The van der Waals surface area contributed by atoms with E-state index in [1.54, 1.807) is 23.8 Å². The van der Waals surface area contributed by atoms with Gasteiger partial charge in [-0.25, -0.2) is 0 Å². The Bertz CT molecular complexity index is 1150. The van der Waals surface area contributed by atoms with Crippen LogP contribution in [0.4, 0.5) is 0 Å². The molecule has 1 N–H and O–H groups in total. The SMILES string of the molecule is COc1ccc(-c2[nH]c3ccccc3c2CCC(=O)N2CSCC2C(=O)N2CCCC2)cc1. The summed E-state index contributed by atoms with van der Waals surface area (Å²) in [6, 6.07) is 15.9. The number of para-hydroxylation sites is 1. The number of likely N-dealkylation sites (tertiary alicyclic amines) is 1. The summed E-state index contributed by atoms with van der Waals surface area (Å²) in [7, 11) is 1.66. The quantitative estimate of drug-likeness (QED) is 0.592. The first-order valence-corrected chi connectivity index (χ1v) is 12.7. The molecule has 7 heteroatoms. The lowest BCUT2D eigenvalue weighted by Crippen LogP contribution is -2.48. The maximum atomic E-state index is 13.3. The standard InChI is InChI=1S/C26H29N3O3S/c1-32-19-10-8-18(9-11-19)25-21(20-6-2-3-7-22(20)27-25)12-13-24(30)29-17-33-16-23(29)26(31)28-14-4-5-15-28/h2-3,6-11,23,27H,4-5,12-17H2,1H3. The van der Waals surface area contributed by atoms with E-state index >= 15 is 0 Å². The Labute approximate surface area is 198 Å². The van der Waals surface area contributed by atoms with E-state index in [4.69, 9.17) is 4.74 Å². The van der Waals surface area contributed by atoms with Crippen LogP contribution in [-0.2, 0) is 16.0 Å². The molecular weight excluding hydrogens is 434 g/mol. The van der Waals surface area contributed by atoms with Crippen LogP contribution < -0.4 is 4.74 Å². The van der Waals surface area contributed by atoms with Crippen molar-refractivity contribution in [3.8, 4) is 17.0 Å². The fourth-order valence-electron chi connectivity index (χ4n) is 4.88. The molecule has 2 aliphatic rings. The molecule has 1 atom stereocenters. The van der Waals surface area contributed by atoms with Gasteiger partial charge in [0, 0.05) is 41.9 Å². The van der Waals surface area contributed by atoms with Crippen molar-refractivity contribution in [2.75, 3.05) is 31.8 Å². The number of ether oxygens (including phenoxy) is 1. The van der Waals surface area contributed by atoms with E-state index in [2.05, 4.69) is 17.1 Å². The number of H-pyrrole nitrogens is 1. The predicted octanol–water partition coefficient (Wildman–Crippen LogP) is 4.30. The molecule has 0 bridgehead atoms. The molecule has 2 aliphatic heterocycles. The summed E-state index contributed by atoms with van der Waals surface area (Å²) in [5, 5.41) is 1.14. The van der Waals surface area contributed by atoms with Crippen LogP contribution in [0.1, 0.15) is 24.8 Å². The van der Waals surface area contributed by atoms with Crippen molar-refractivity contribution in [3.05, 3.63) is 54.1 Å². The molecular formula is C26H29N3O3S. The molecule has 1 aromatic heterocycles. The van der Waals surface area contributed by atoms with E-state index in [-0.39, 0.29) is 17.9 Å². The third kappa shape index (κ3) is 4.34. The topological polar surface area (TPSA) is 65.6 Å². The Morgan fingerprint density at radius 2 is 1.85 bits per heavy atom. The van der Waals surface area contributed by atoms with E-state index in [1.165, 1.54) is 0 Å². The highest BCUT2D eigenvalue weighted by molar-refractivity contribution is 7.99. The first-order valence-electron chi connectivity index (χ1n) is 11.6. The normalized spacial score (nSPS) is 18.3. The fourth-order valence-corrected chi connectivity index (χ4v) is 6.05. The van der Waals surface area contributed by atoms with Crippen molar-refractivity contribution in [2.24, 2.45) is 0 Å². The molecule has 0 saturated carbocycles. The number of amides is 2. The van der Waals surface area contributed by atoms with Gasteiger partial charge in [-0.05, 0) is 60.7 Å². The molecule has 3 aromatic rings. The van der Waals surface area contributed by atoms with E-state index in [0.717, 1.165) is 59.4 Å². The summed E-state index contributed by atoms with van der Waals surface area (Å²) in [4.78, 5) is 33.5. The number of aryl methyl sites for hydroxylation is 1. The van der Waals surface area contributed by atoms with Gasteiger partial charge in [0.25, 0.3) is 0 Å². The molecule has 3 heterocycles. The second-order valence-electron chi connectivity index (χ2n) is 8.66. The summed E-state index contributed by atoms with van der Waals surface area (Å²) in [6.07, 6.45) is 3.13. The third-order valence-electron chi connectivity index (χ3n) is 6.69. The third-order valence-corrected chi connectivity index (χ3v) is 7.70. The van der Waals surface area contributed by atoms with Gasteiger partial charge in [0.1, 0.15) is 11.8 Å². The minimum absolute atomic E-state index is 0.0588. The zero-order valence-electron chi connectivity index (χ0n) is 18.9. The highest BCUT2D eigenvalue weighted by Gasteiger charge is 2.37. The number of fused-ring (bicyclic) bond motifs is 1. The van der Waals surface area contributed by atoms with Crippen molar-refractivity contribution in [2.45, 2.75) is 31.7 Å². The Balaban J connectivity index is 1.36. The van der Waals surface area contributed by atoms with Gasteiger partial charge in [0.15, 0.2) is 0 Å². The summed E-state index contributed by atoms with van der Waals surface area (Å²) < 4.78 is 5.30. The van der Waals surface area contributed by atoms with Crippen LogP contribution in [0.3, 0.4) is 0 Å². The minimum atomic E-state index is -0.315. The van der Waals surface area contributed by atoms with Crippen LogP contribution >= 0.6 is 11.8 Å². The number of benzene rings is 2. The lowest BCUT2D eigenvalue weighted by atomic mass is 10.0. The van der Waals surface area contributed by atoms with E-state index in [9.17, 15) is 9.59 Å². The lowest BCUT2D eigenvalue weighted by molar-refractivity contribution is -0.142. The molecule has 33 heavy (non-hydrogen) atoms. The molecule has 2 amide bonds. The number of thioether (sulfide) groups is 1. The Morgan fingerprint density at radius 3 is 2.61 bits per heavy atom. The van der Waals surface area contributed by atoms with Gasteiger partial charge < -0.3 is 19.5 Å². The van der Waals surface area contributed by atoms with Gasteiger partial charge >= 0.3 is 0 Å². The van der Waals surface area contributed by atoms with Gasteiger partial charge in [-0.3, -0.25) is 9.59 Å². The van der Waals surface area contributed by atoms with Gasteiger partial charge in [0.2, 0.25) is 11.8 Å². The monoisotopic (exact) mass is 463 g/mol. The molecule has 0 spiro atoms. The van der Waals surface area contributed by atoms with Crippen LogP contribution in [-0.4, -0.2) is 64.5 Å². The fraction of sp³-hybridized carbons (Fsp3) is 0.385. The Morgan fingerprint density at radius 1 is 1.09 bits per heavy atom. The first kappa shape index (κ1) is 21.9. The number of aromatic amines is 1. The van der Waals surface area contributed by atoms with Crippen molar-refractivity contribution in [1.82, 2.24) is 14.8 Å². The number of rotatable bonds is 6. The smallest absolute Gasteiger partial charge is 0.246 e. The van der Waals surface area contributed by atoms with Crippen molar-refractivity contribution < 1.29 is 14.3 Å². The number of hydrogen-bond acceptors (Lipinski definition) is 4. The Hall–Kier alpha value is -2.93. The van der Waals surface area contributed by atoms with Crippen LogP contribution in [0.2, 0.25) is 0 Å². The summed E-state index contributed by atoms with van der Waals surface area (Å²) in [5.74, 6) is 2.29. The number of hydrogen-bond donors (Lipinski definition) is 1. The van der Waals surface area contributed by atoms with Gasteiger partial charge in [0.05, 0.1) is 13.0 Å². The number of nitrogens with zero attached hydrogens (tertiary/aromatic N) is 2.